The van der Waals surface area contributed by atoms with Crippen molar-refractivity contribution in [3.63, 3.8) is 0 Å². The Morgan fingerprint density at radius 3 is 2.53 bits per heavy atom. The third-order valence-electron chi connectivity index (χ3n) is 1.99. The number of benzene rings is 1. The lowest BCUT2D eigenvalue weighted by atomic mass is 10.1. The van der Waals surface area contributed by atoms with Crippen molar-refractivity contribution in [2.75, 3.05) is 5.32 Å². The third kappa shape index (κ3) is 3.47. The van der Waals surface area contributed by atoms with E-state index in [4.69, 9.17) is 0 Å². The number of hydrogen-bond acceptors (Lipinski definition) is 2. The maximum absolute atomic E-state index is 12.5. The van der Waals surface area contributed by atoms with Crippen molar-refractivity contribution in [2.24, 2.45) is 0 Å². The molecule has 4 nitrogen and oxygen atoms in total. The molecule has 1 aromatic carbocycles. The fourth-order valence-electron chi connectivity index (χ4n) is 1.23. The average molecular weight is 246 g/mol. The standard InChI is InChI=1S/C10H9F3N2O2/c1-6-2-3-7(15-9(17)14-5-16)4-8(6)10(11,12)13/h2-5H,1H3,(H2,14,15,16,17). The molecule has 0 saturated heterocycles. The Bertz CT molecular complexity index is 444. The van der Waals surface area contributed by atoms with Crippen LogP contribution in [0.4, 0.5) is 23.7 Å². The zero-order valence-corrected chi connectivity index (χ0v) is 8.76. The molecule has 1 rings (SSSR count). The summed E-state index contributed by atoms with van der Waals surface area (Å²) in [7, 11) is 0. The van der Waals surface area contributed by atoms with Gasteiger partial charge >= 0.3 is 12.2 Å². The van der Waals surface area contributed by atoms with Gasteiger partial charge in [0.1, 0.15) is 0 Å². The van der Waals surface area contributed by atoms with E-state index >= 15 is 0 Å². The number of anilines is 1. The first-order valence-electron chi connectivity index (χ1n) is 4.53. The lowest BCUT2D eigenvalue weighted by molar-refractivity contribution is -0.138. The largest absolute Gasteiger partial charge is 0.416 e. The third-order valence-corrected chi connectivity index (χ3v) is 1.99. The van der Waals surface area contributed by atoms with Crippen molar-refractivity contribution in [1.82, 2.24) is 5.32 Å². The van der Waals surface area contributed by atoms with Crippen LogP contribution >= 0.6 is 0 Å². The minimum atomic E-state index is -4.48. The van der Waals surface area contributed by atoms with Crippen LogP contribution in [0, 0.1) is 6.92 Å². The maximum atomic E-state index is 12.5. The molecule has 0 aliphatic heterocycles. The molecule has 0 fully saturated rings. The Kier molecular flexibility index (Phi) is 3.72. The quantitative estimate of drug-likeness (QED) is 0.786. The van der Waals surface area contributed by atoms with Crippen LogP contribution in [0.2, 0.25) is 0 Å². The Morgan fingerprint density at radius 1 is 1.35 bits per heavy atom. The molecule has 17 heavy (non-hydrogen) atoms. The second-order valence-corrected chi connectivity index (χ2v) is 3.24. The molecule has 0 aromatic heterocycles. The van der Waals surface area contributed by atoms with E-state index in [0.717, 1.165) is 6.07 Å². The van der Waals surface area contributed by atoms with Gasteiger partial charge < -0.3 is 5.32 Å². The highest BCUT2D eigenvalue weighted by atomic mass is 19.4. The molecule has 92 valence electrons. The lowest BCUT2D eigenvalue weighted by Crippen LogP contribution is -2.27. The molecule has 0 spiro atoms. The first-order chi connectivity index (χ1) is 7.84. The molecule has 0 unspecified atom stereocenters. The highest BCUT2D eigenvalue weighted by molar-refractivity contribution is 5.95. The predicted octanol–water partition coefficient (Wildman–Crippen LogP) is 2.29. The fourth-order valence-corrected chi connectivity index (χ4v) is 1.23. The summed E-state index contributed by atoms with van der Waals surface area (Å²) >= 11 is 0. The summed E-state index contributed by atoms with van der Waals surface area (Å²) < 4.78 is 37.6. The van der Waals surface area contributed by atoms with Crippen LogP contribution in [0.1, 0.15) is 11.1 Å². The van der Waals surface area contributed by atoms with E-state index in [2.05, 4.69) is 5.32 Å². The molecule has 0 saturated carbocycles. The summed E-state index contributed by atoms with van der Waals surface area (Å²) in [4.78, 5) is 20.9. The van der Waals surface area contributed by atoms with Gasteiger partial charge in [-0.1, -0.05) is 6.07 Å². The highest BCUT2D eigenvalue weighted by Crippen LogP contribution is 2.33. The number of alkyl halides is 3. The number of urea groups is 1. The summed E-state index contributed by atoms with van der Waals surface area (Å²) in [6.07, 6.45) is -4.35. The average Bonchev–Trinajstić information content (AvgIpc) is 2.19. The normalized spacial score (nSPS) is 10.8. The molecule has 7 heteroatoms. The van der Waals surface area contributed by atoms with Gasteiger partial charge in [-0.15, -0.1) is 0 Å². The minimum absolute atomic E-state index is 0.0396. The van der Waals surface area contributed by atoms with Crippen LogP contribution in [-0.4, -0.2) is 12.4 Å². The van der Waals surface area contributed by atoms with Gasteiger partial charge in [0.15, 0.2) is 0 Å². The summed E-state index contributed by atoms with van der Waals surface area (Å²) in [6.45, 7) is 1.32. The zero-order chi connectivity index (χ0) is 13.1. The molecule has 1 aromatic rings. The molecule has 2 N–H and O–H groups in total. The highest BCUT2D eigenvalue weighted by Gasteiger charge is 2.32. The smallest absolute Gasteiger partial charge is 0.308 e. The Hall–Kier alpha value is -2.05. The molecule has 0 aliphatic rings. The van der Waals surface area contributed by atoms with Gasteiger partial charge in [0.2, 0.25) is 6.41 Å². The van der Waals surface area contributed by atoms with Gasteiger partial charge in [0, 0.05) is 5.69 Å². The Balaban J connectivity index is 2.97. The first-order valence-corrected chi connectivity index (χ1v) is 4.53. The van der Waals surface area contributed by atoms with E-state index in [1.54, 1.807) is 5.32 Å². The molecule has 3 amide bonds. The maximum Gasteiger partial charge on any atom is 0.416 e. The van der Waals surface area contributed by atoms with Gasteiger partial charge in [0.25, 0.3) is 0 Å². The fraction of sp³-hybridized carbons (Fsp3) is 0.200. The molecule has 0 atom stereocenters. The van der Waals surface area contributed by atoms with Gasteiger partial charge in [-0.3, -0.25) is 10.1 Å². The van der Waals surface area contributed by atoms with E-state index in [1.165, 1.54) is 19.1 Å². The number of rotatable bonds is 2. The number of imide groups is 1. The monoisotopic (exact) mass is 246 g/mol. The van der Waals surface area contributed by atoms with Gasteiger partial charge in [-0.2, -0.15) is 13.2 Å². The number of nitrogens with one attached hydrogen (secondary N) is 2. The van der Waals surface area contributed by atoms with Gasteiger partial charge in [0.05, 0.1) is 5.56 Å². The van der Waals surface area contributed by atoms with E-state index in [0.29, 0.717) is 0 Å². The van der Waals surface area contributed by atoms with Crippen LogP contribution in [0.5, 0.6) is 0 Å². The predicted molar refractivity (Wildman–Crippen MR) is 54.4 cm³/mol. The number of aryl methyl sites for hydroxylation is 1. The van der Waals surface area contributed by atoms with E-state index in [1.807, 2.05) is 0 Å². The van der Waals surface area contributed by atoms with Gasteiger partial charge in [-0.25, -0.2) is 4.79 Å². The number of amides is 3. The van der Waals surface area contributed by atoms with Crippen molar-refractivity contribution in [3.05, 3.63) is 29.3 Å². The molecule has 0 aliphatic carbocycles. The second kappa shape index (κ2) is 4.86. The van der Waals surface area contributed by atoms with Gasteiger partial charge in [-0.05, 0) is 24.6 Å². The number of hydrogen-bond donors (Lipinski definition) is 2. The topological polar surface area (TPSA) is 58.2 Å². The van der Waals surface area contributed by atoms with Crippen LogP contribution in [0.3, 0.4) is 0 Å². The number of halogens is 3. The van der Waals surface area contributed by atoms with Crippen LogP contribution in [-0.2, 0) is 11.0 Å². The molecular weight excluding hydrogens is 237 g/mol. The van der Waals surface area contributed by atoms with Crippen molar-refractivity contribution >= 4 is 18.1 Å². The van der Waals surface area contributed by atoms with Crippen LogP contribution < -0.4 is 10.6 Å². The molecule has 0 bridgehead atoms. The van der Waals surface area contributed by atoms with Crippen molar-refractivity contribution in [1.29, 1.82) is 0 Å². The molecular formula is C10H9F3N2O2. The molecule has 0 heterocycles. The van der Waals surface area contributed by atoms with E-state index in [-0.39, 0.29) is 17.7 Å². The summed E-state index contributed by atoms with van der Waals surface area (Å²) in [5.41, 5.74) is -0.817. The second-order valence-electron chi connectivity index (χ2n) is 3.24. The summed E-state index contributed by atoms with van der Waals surface area (Å²) in [5, 5.41) is 3.86. The van der Waals surface area contributed by atoms with E-state index in [9.17, 15) is 22.8 Å². The zero-order valence-electron chi connectivity index (χ0n) is 8.76. The Labute approximate surface area is 94.8 Å². The van der Waals surface area contributed by atoms with Crippen molar-refractivity contribution < 1.29 is 22.8 Å². The number of carbonyl (C=O) groups is 2. The molecule has 0 radical (unpaired) electrons. The Morgan fingerprint density at radius 2 is 2.00 bits per heavy atom. The first kappa shape index (κ1) is 13.0. The number of carbonyl (C=O) groups excluding carboxylic acids is 2. The summed E-state index contributed by atoms with van der Waals surface area (Å²) in [5.74, 6) is 0. The summed E-state index contributed by atoms with van der Waals surface area (Å²) in [6, 6.07) is 2.46. The lowest BCUT2D eigenvalue weighted by Gasteiger charge is -2.12. The van der Waals surface area contributed by atoms with Crippen LogP contribution in [0.25, 0.3) is 0 Å². The minimum Gasteiger partial charge on any atom is -0.308 e. The van der Waals surface area contributed by atoms with Crippen molar-refractivity contribution in [2.45, 2.75) is 13.1 Å². The van der Waals surface area contributed by atoms with E-state index < -0.39 is 17.8 Å². The van der Waals surface area contributed by atoms with Crippen LogP contribution in [0.15, 0.2) is 18.2 Å². The SMILES string of the molecule is Cc1ccc(NC(=O)NC=O)cc1C(F)(F)F. The van der Waals surface area contributed by atoms with Crippen molar-refractivity contribution in [3.8, 4) is 0 Å².